The summed E-state index contributed by atoms with van der Waals surface area (Å²) in [5.74, 6) is 0.150. The topological polar surface area (TPSA) is 45.2 Å². The SMILES string of the molecule is CN(C)C(=O)CCNCc1nc(C(C)(C)C)cs1. The van der Waals surface area contributed by atoms with Gasteiger partial charge in [-0.15, -0.1) is 11.3 Å². The normalized spacial score (nSPS) is 11.6. The van der Waals surface area contributed by atoms with E-state index in [1.165, 1.54) is 0 Å². The maximum absolute atomic E-state index is 11.4. The molecule has 0 saturated heterocycles. The molecule has 0 atom stereocenters. The molecule has 18 heavy (non-hydrogen) atoms. The summed E-state index contributed by atoms with van der Waals surface area (Å²) in [6.07, 6.45) is 0.532. The molecule has 0 unspecified atom stereocenters. The van der Waals surface area contributed by atoms with Crippen LogP contribution in [0, 0.1) is 0 Å². The highest BCUT2D eigenvalue weighted by Crippen LogP contribution is 2.23. The predicted octanol–water partition coefficient (Wildman–Crippen LogP) is 2.01. The van der Waals surface area contributed by atoms with Crippen molar-refractivity contribution in [2.24, 2.45) is 0 Å². The number of hydrogen-bond acceptors (Lipinski definition) is 4. The van der Waals surface area contributed by atoms with Gasteiger partial charge in [0.15, 0.2) is 0 Å². The first kappa shape index (κ1) is 15.1. The van der Waals surface area contributed by atoms with E-state index in [-0.39, 0.29) is 11.3 Å². The molecule has 1 heterocycles. The van der Waals surface area contributed by atoms with Gasteiger partial charge in [-0.25, -0.2) is 4.98 Å². The number of nitrogens with one attached hydrogen (secondary N) is 1. The molecule has 5 heteroatoms. The lowest BCUT2D eigenvalue weighted by Gasteiger charge is -2.14. The van der Waals surface area contributed by atoms with E-state index in [4.69, 9.17) is 0 Å². The third-order valence-electron chi connectivity index (χ3n) is 2.61. The summed E-state index contributed by atoms with van der Waals surface area (Å²) in [6, 6.07) is 0. The third kappa shape index (κ3) is 4.74. The Morgan fingerprint density at radius 1 is 1.44 bits per heavy atom. The highest BCUT2D eigenvalue weighted by atomic mass is 32.1. The van der Waals surface area contributed by atoms with Crippen LogP contribution in [0.1, 0.15) is 37.9 Å². The second kappa shape index (κ2) is 6.29. The molecule has 0 fully saturated rings. The summed E-state index contributed by atoms with van der Waals surface area (Å²) in [5.41, 5.74) is 1.24. The Kier molecular flexibility index (Phi) is 5.28. The van der Waals surface area contributed by atoms with Crippen molar-refractivity contribution in [3.05, 3.63) is 16.1 Å². The Morgan fingerprint density at radius 2 is 2.11 bits per heavy atom. The minimum Gasteiger partial charge on any atom is -0.349 e. The van der Waals surface area contributed by atoms with Crippen LogP contribution in [0.4, 0.5) is 0 Å². The van der Waals surface area contributed by atoms with Gasteiger partial charge in [-0.3, -0.25) is 4.79 Å². The highest BCUT2D eigenvalue weighted by Gasteiger charge is 2.17. The number of rotatable bonds is 5. The van der Waals surface area contributed by atoms with Crippen LogP contribution >= 0.6 is 11.3 Å². The number of aromatic nitrogens is 1. The Hall–Kier alpha value is -0.940. The molecule has 0 aliphatic carbocycles. The Morgan fingerprint density at radius 3 is 2.61 bits per heavy atom. The van der Waals surface area contributed by atoms with Crippen LogP contribution in [-0.4, -0.2) is 36.4 Å². The summed E-state index contributed by atoms with van der Waals surface area (Å²) in [7, 11) is 3.55. The van der Waals surface area contributed by atoms with Gasteiger partial charge in [0.05, 0.1) is 5.69 Å². The summed E-state index contributed by atoms with van der Waals surface area (Å²) in [6.45, 7) is 7.92. The number of amides is 1. The molecule has 0 aliphatic rings. The second-order valence-corrected chi connectivity index (χ2v) is 6.53. The molecule has 102 valence electrons. The number of thiazole rings is 1. The fourth-order valence-electron chi connectivity index (χ4n) is 1.35. The Bertz CT molecular complexity index is 393. The number of carbonyl (C=O) groups is 1. The van der Waals surface area contributed by atoms with Crippen molar-refractivity contribution in [2.45, 2.75) is 39.2 Å². The van der Waals surface area contributed by atoms with E-state index in [9.17, 15) is 4.79 Å². The lowest BCUT2D eigenvalue weighted by atomic mass is 9.93. The van der Waals surface area contributed by atoms with E-state index in [1.807, 2.05) is 0 Å². The zero-order valence-corrected chi connectivity index (χ0v) is 12.7. The molecule has 1 amide bonds. The molecule has 0 aromatic carbocycles. The van der Waals surface area contributed by atoms with E-state index < -0.39 is 0 Å². The standard InChI is InChI=1S/C13H23N3OS/c1-13(2,3)10-9-18-11(15-10)8-14-7-6-12(17)16(4)5/h9,14H,6-8H2,1-5H3. The van der Waals surface area contributed by atoms with Gasteiger partial charge in [0.25, 0.3) is 0 Å². The van der Waals surface area contributed by atoms with Crippen molar-refractivity contribution in [3.63, 3.8) is 0 Å². The van der Waals surface area contributed by atoms with Gasteiger partial charge in [-0.1, -0.05) is 20.8 Å². The summed E-state index contributed by atoms with van der Waals surface area (Å²) in [4.78, 5) is 17.6. The van der Waals surface area contributed by atoms with Crippen LogP contribution in [0.5, 0.6) is 0 Å². The molecule has 0 aliphatic heterocycles. The molecule has 0 spiro atoms. The minimum atomic E-state index is 0.107. The van der Waals surface area contributed by atoms with Crippen LogP contribution in [0.15, 0.2) is 5.38 Å². The van der Waals surface area contributed by atoms with E-state index in [0.29, 0.717) is 13.0 Å². The molecule has 0 radical (unpaired) electrons. The van der Waals surface area contributed by atoms with Crippen LogP contribution in [0.3, 0.4) is 0 Å². The van der Waals surface area contributed by atoms with Crippen LogP contribution in [0.2, 0.25) is 0 Å². The summed E-state index contributed by atoms with van der Waals surface area (Å²) in [5, 5.41) is 6.45. The van der Waals surface area contributed by atoms with Crippen molar-refractivity contribution in [1.29, 1.82) is 0 Å². The number of hydrogen-bond donors (Lipinski definition) is 1. The molecule has 1 N–H and O–H groups in total. The molecule has 1 aromatic rings. The third-order valence-corrected chi connectivity index (χ3v) is 3.46. The number of carbonyl (C=O) groups excluding carboxylic acids is 1. The second-order valence-electron chi connectivity index (χ2n) is 5.59. The molecule has 1 aromatic heterocycles. The maximum Gasteiger partial charge on any atom is 0.223 e. The van der Waals surface area contributed by atoms with Crippen molar-refractivity contribution in [1.82, 2.24) is 15.2 Å². The lowest BCUT2D eigenvalue weighted by Crippen LogP contribution is -2.26. The zero-order chi connectivity index (χ0) is 13.8. The van der Waals surface area contributed by atoms with Crippen molar-refractivity contribution in [3.8, 4) is 0 Å². The van der Waals surface area contributed by atoms with E-state index in [1.54, 1.807) is 30.3 Å². The quantitative estimate of drug-likeness (QED) is 0.832. The summed E-state index contributed by atoms with van der Waals surface area (Å²) >= 11 is 1.67. The fourth-order valence-corrected chi connectivity index (χ4v) is 2.34. The van der Waals surface area contributed by atoms with Crippen molar-refractivity contribution >= 4 is 17.2 Å². The Labute approximate surface area is 113 Å². The van der Waals surface area contributed by atoms with Crippen LogP contribution in [0.25, 0.3) is 0 Å². The van der Waals surface area contributed by atoms with Gasteiger partial charge in [0, 0.05) is 44.4 Å². The minimum absolute atomic E-state index is 0.107. The first-order chi connectivity index (χ1) is 8.30. The van der Waals surface area contributed by atoms with Gasteiger partial charge in [-0.05, 0) is 0 Å². The molecule has 1 rings (SSSR count). The van der Waals surface area contributed by atoms with Gasteiger partial charge in [-0.2, -0.15) is 0 Å². The van der Waals surface area contributed by atoms with Gasteiger partial charge in [0.1, 0.15) is 5.01 Å². The first-order valence-corrected chi connectivity index (χ1v) is 7.04. The maximum atomic E-state index is 11.4. The van der Waals surface area contributed by atoms with E-state index >= 15 is 0 Å². The lowest BCUT2D eigenvalue weighted by molar-refractivity contribution is -0.128. The van der Waals surface area contributed by atoms with Crippen LogP contribution < -0.4 is 5.32 Å². The van der Waals surface area contributed by atoms with Gasteiger partial charge < -0.3 is 10.2 Å². The monoisotopic (exact) mass is 269 g/mol. The fraction of sp³-hybridized carbons (Fsp3) is 0.692. The zero-order valence-electron chi connectivity index (χ0n) is 11.9. The first-order valence-electron chi connectivity index (χ1n) is 6.16. The molecule has 0 saturated carbocycles. The highest BCUT2D eigenvalue weighted by molar-refractivity contribution is 7.09. The molecule has 4 nitrogen and oxygen atoms in total. The Balaban J connectivity index is 2.32. The predicted molar refractivity (Wildman–Crippen MR) is 75.8 cm³/mol. The van der Waals surface area contributed by atoms with Gasteiger partial charge in [0.2, 0.25) is 5.91 Å². The van der Waals surface area contributed by atoms with Crippen molar-refractivity contribution in [2.75, 3.05) is 20.6 Å². The summed E-state index contributed by atoms with van der Waals surface area (Å²) < 4.78 is 0. The smallest absolute Gasteiger partial charge is 0.223 e. The van der Waals surface area contributed by atoms with Gasteiger partial charge >= 0.3 is 0 Å². The van der Waals surface area contributed by atoms with Crippen LogP contribution in [-0.2, 0) is 16.8 Å². The van der Waals surface area contributed by atoms with E-state index in [2.05, 4.69) is 36.5 Å². The molecular formula is C13H23N3OS. The van der Waals surface area contributed by atoms with Crippen molar-refractivity contribution < 1.29 is 4.79 Å². The largest absolute Gasteiger partial charge is 0.349 e. The average Bonchev–Trinajstić information content (AvgIpc) is 2.72. The average molecular weight is 269 g/mol. The van der Waals surface area contributed by atoms with E-state index in [0.717, 1.165) is 17.2 Å². The molecular weight excluding hydrogens is 246 g/mol. The number of nitrogens with zero attached hydrogens (tertiary/aromatic N) is 2. The molecule has 0 bridgehead atoms.